The quantitative estimate of drug-likeness (QED) is 0.866. The molecule has 6 heteroatoms. The summed E-state index contributed by atoms with van der Waals surface area (Å²) in [6.45, 7) is 2.21. The summed E-state index contributed by atoms with van der Waals surface area (Å²) in [6, 6.07) is 0. The van der Waals surface area contributed by atoms with Crippen molar-refractivity contribution in [2.45, 2.75) is 38.1 Å². The molecule has 96 valence electrons. The Bertz CT molecular complexity index is 636. The Hall–Kier alpha value is -1.43. The molecule has 3 rings (SSSR count). The summed E-state index contributed by atoms with van der Waals surface area (Å²) in [4.78, 5) is 11.7. The fraction of sp³-hybridized carbons (Fsp3) is 0.583. The first-order valence-electron chi connectivity index (χ1n) is 6.22. The van der Waals surface area contributed by atoms with Gasteiger partial charge in [0.25, 0.3) is 0 Å². The number of hydrogen-bond donors (Lipinski definition) is 1. The van der Waals surface area contributed by atoms with Gasteiger partial charge in [-0.2, -0.15) is 4.98 Å². The highest BCUT2D eigenvalue weighted by molar-refractivity contribution is 7.71. The number of aromatic nitrogens is 4. The minimum absolute atomic E-state index is 0.134. The average molecular weight is 264 g/mol. The molecule has 1 N–H and O–H groups in total. The van der Waals surface area contributed by atoms with Gasteiger partial charge in [-0.05, 0) is 37.9 Å². The van der Waals surface area contributed by atoms with Crippen LogP contribution in [0.4, 0.5) is 0 Å². The van der Waals surface area contributed by atoms with Crippen LogP contribution in [0, 0.1) is 4.77 Å². The summed E-state index contributed by atoms with van der Waals surface area (Å²) in [5.74, 6) is 0.551. The fourth-order valence-electron chi connectivity index (χ4n) is 2.81. The van der Waals surface area contributed by atoms with Crippen molar-refractivity contribution in [3.05, 3.63) is 11.1 Å². The molecule has 1 saturated carbocycles. The van der Waals surface area contributed by atoms with E-state index in [9.17, 15) is 0 Å². The molecule has 1 fully saturated rings. The third kappa shape index (κ3) is 1.41. The zero-order valence-corrected chi connectivity index (χ0v) is 11.4. The van der Waals surface area contributed by atoms with Crippen LogP contribution in [-0.4, -0.2) is 26.6 Å². The van der Waals surface area contributed by atoms with Crippen LogP contribution in [0.2, 0.25) is 0 Å². The molecule has 1 aliphatic rings. The van der Waals surface area contributed by atoms with E-state index in [4.69, 9.17) is 17.0 Å². The maximum absolute atomic E-state index is 5.46. The number of aromatic amines is 1. The second kappa shape index (κ2) is 4.05. The molecular weight excluding hydrogens is 248 g/mol. The van der Waals surface area contributed by atoms with Gasteiger partial charge >= 0.3 is 0 Å². The topological polar surface area (TPSA) is 55.7 Å². The van der Waals surface area contributed by atoms with Gasteiger partial charge in [0.05, 0.1) is 7.11 Å². The maximum Gasteiger partial charge on any atom is 0.242 e. The molecule has 1 aliphatic carbocycles. The molecule has 0 radical (unpaired) electrons. The number of H-pyrrole nitrogens is 1. The average Bonchev–Trinajstić information content (AvgIpc) is 2.66. The van der Waals surface area contributed by atoms with Gasteiger partial charge in [-0.15, -0.1) is 0 Å². The van der Waals surface area contributed by atoms with E-state index in [1.165, 1.54) is 12.7 Å². The Morgan fingerprint density at radius 1 is 1.50 bits per heavy atom. The van der Waals surface area contributed by atoms with E-state index in [1.54, 1.807) is 7.11 Å². The number of methoxy groups -OCH3 is 1. The van der Waals surface area contributed by atoms with Crippen molar-refractivity contribution in [3.63, 3.8) is 0 Å². The van der Waals surface area contributed by atoms with Crippen LogP contribution in [-0.2, 0) is 5.54 Å². The SMILES string of the molecule is CCC1(n2c(=S)[nH]c3c(OC)ncnc32)CCC1. The van der Waals surface area contributed by atoms with E-state index < -0.39 is 0 Å². The molecule has 0 saturated heterocycles. The fourth-order valence-corrected chi connectivity index (χ4v) is 3.20. The number of nitrogens with zero attached hydrogens (tertiary/aromatic N) is 3. The van der Waals surface area contributed by atoms with Crippen LogP contribution in [0.15, 0.2) is 6.33 Å². The molecule has 0 aliphatic heterocycles. The summed E-state index contributed by atoms with van der Waals surface area (Å²) in [6.07, 6.45) is 6.18. The number of imidazole rings is 1. The first-order valence-corrected chi connectivity index (χ1v) is 6.63. The van der Waals surface area contributed by atoms with E-state index in [2.05, 4.69) is 26.4 Å². The van der Waals surface area contributed by atoms with E-state index in [0.29, 0.717) is 10.7 Å². The van der Waals surface area contributed by atoms with Gasteiger partial charge in [0.2, 0.25) is 5.88 Å². The molecule has 0 bridgehead atoms. The Morgan fingerprint density at radius 2 is 2.28 bits per heavy atom. The van der Waals surface area contributed by atoms with Crippen molar-refractivity contribution in [2.24, 2.45) is 0 Å². The predicted octanol–water partition coefficient (Wildman–Crippen LogP) is 2.79. The Labute approximate surface area is 110 Å². The molecule has 0 atom stereocenters. The van der Waals surface area contributed by atoms with Gasteiger partial charge in [0.15, 0.2) is 10.4 Å². The van der Waals surface area contributed by atoms with E-state index in [1.807, 2.05) is 0 Å². The van der Waals surface area contributed by atoms with Crippen molar-refractivity contribution < 1.29 is 4.74 Å². The molecule has 2 aromatic rings. The zero-order valence-electron chi connectivity index (χ0n) is 10.6. The zero-order chi connectivity index (χ0) is 12.8. The third-order valence-electron chi connectivity index (χ3n) is 4.05. The number of fused-ring (bicyclic) bond motifs is 1. The first kappa shape index (κ1) is 11.6. The van der Waals surface area contributed by atoms with E-state index in [0.717, 1.165) is 30.4 Å². The summed E-state index contributed by atoms with van der Waals surface area (Å²) >= 11 is 5.46. The molecular formula is C12H16N4OS. The summed E-state index contributed by atoms with van der Waals surface area (Å²) in [5.41, 5.74) is 1.78. The highest BCUT2D eigenvalue weighted by Crippen LogP contribution is 2.44. The predicted molar refractivity (Wildman–Crippen MR) is 71.4 cm³/mol. The Morgan fingerprint density at radius 3 is 2.83 bits per heavy atom. The summed E-state index contributed by atoms with van der Waals surface area (Å²) < 4.78 is 8.12. The highest BCUT2D eigenvalue weighted by Gasteiger charge is 2.39. The Balaban J connectivity index is 2.30. The maximum atomic E-state index is 5.46. The normalized spacial score (nSPS) is 17.7. The van der Waals surface area contributed by atoms with Gasteiger partial charge in [-0.1, -0.05) is 6.92 Å². The van der Waals surface area contributed by atoms with Crippen molar-refractivity contribution in [2.75, 3.05) is 7.11 Å². The molecule has 0 aromatic carbocycles. The second-order valence-corrected chi connectivity index (χ2v) is 5.17. The van der Waals surface area contributed by atoms with Crippen LogP contribution in [0.3, 0.4) is 0 Å². The smallest absolute Gasteiger partial charge is 0.242 e. The number of ether oxygens (including phenoxy) is 1. The summed E-state index contributed by atoms with van der Waals surface area (Å²) in [7, 11) is 1.61. The third-order valence-corrected chi connectivity index (χ3v) is 4.33. The lowest BCUT2D eigenvalue weighted by Gasteiger charge is -2.42. The number of nitrogens with one attached hydrogen (secondary N) is 1. The van der Waals surface area contributed by atoms with Gasteiger partial charge in [-0.3, -0.25) is 4.57 Å². The molecule has 0 unspecified atom stereocenters. The minimum atomic E-state index is 0.134. The summed E-state index contributed by atoms with van der Waals surface area (Å²) in [5, 5.41) is 0. The lowest BCUT2D eigenvalue weighted by Crippen LogP contribution is -2.40. The molecule has 2 aromatic heterocycles. The number of rotatable bonds is 3. The van der Waals surface area contributed by atoms with Gasteiger partial charge in [0.1, 0.15) is 11.8 Å². The van der Waals surface area contributed by atoms with Crippen LogP contribution in [0.25, 0.3) is 11.2 Å². The van der Waals surface area contributed by atoms with Gasteiger partial charge in [0, 0.05) is 5.54 Å². The lowest BCUT2D eigenvalue weighted by atomic mass is 9.74. The molecule has 0 amide bonds. The highest BCUT2D eigenvalue weighted by atomic mass is 32.1. The van der Waals surface area contributed by atoms with Crippen LogP contribution < -0.4 is 4.74 Å². The van der Waals surface area contributed by atoms with Gasteiger partial charge < -0.3 is 9.72 Å². The monoisotopic (exact) mass is 264 g/mol. The van der Waals surface area contributed by atoms with Crippen molar-refractivity contribution >= 4 is 23.4 Å². The van der Waals surface area contributed by atoms with E-state index in [-0.39, 0.29) is 5.54 Å². The standard InChI is InChI=1S/C12H16N4OS/c1-3-12(5-4-6-12)16-9-8(15-11(16)18)10(17-2)14-7-13-9/h7H,3-6H2,1-2H3,(H,15,18). The largest absolute Gasteiger partial charge is 0.479 e. The van der Waals surface area contributed by atoms with Crippen molar-refractivity contribution in [3.8, 4) is 5.88 Å². The van der Waals surface area contributed by atoms with Crippen LogP contribution in [0.1, 0.15) is 32.6 Å². The molecule has 0 spiro atoms. The van der Waals surface area contributed by atoms with Crippen molar-refractivity contribution in [1.29, 1.82) is 0 Å². The Kier molecular flexibility index (Phi) is 2.62. The minimum Gasteiger partial charge on any atom is -0.479 e. The van der Waals surface area contributed by atoms with E-state index >= 15 is 0 Å². The lowest BCUT2D eigenvalue weighted by molar-refractivity contribution is 0.139. The molecule has 5 nitrogen and oxygen atoms in total. The first-order chi connectivity index (χ1) is 8.72. The van der Waals surface area contributed by atoms with Crippen LogP contribution >= 0.6 is 12.2 Å². The van der Waals surface area contributed by atoms with Crippen LogP contribution in [0.5, 0.6) is 5.88 Å². The molecule has 18 heavy (non-hydrogen) atoms. The van der Waals surface area contributed by atoms with Gasteiger partial charge in [-0.25, -0.2) is 4.98 Å². The number of hydrogen-bond acceptors (Lipinski definition) is 4. The molecule has 2 heterocycles. The second-order valence-electron chi connectivity index (χ2n) is 4.78. The van der Waals surface area contributed by atoms with Crippen molar-refractivity contribution in [1.82, 2.24) is 19.5 Å².